The van der Waals surface area contributed by atoms with Gasteiger partial charge in [-0.15, -0.1) is 0 Å². The predicted molar refractivity (Wildman–Crippen MR) is 84.5 cm³/mol. The van der Waals surface area contributed by atoms with E-state index in [0.717, 1.165) is 0 Å². The number of halogens is 2. The molecule has 0 heterocycles. The second-order valence-electron chi connectivity index (χ2n) is 4.21. The van der Waals surface area contributed by atoms with Gasteiger partial charge in [0.2, 0.25) is 10.0 Å². The summed E-state index contributed by atoms with van der Waals surface area (Å²) in [5.41, 5.74) is 7.12. The molecule has 0 aliphatic rings. The average Bonchev–Trinajstić information content (AvgIpc) is 2.42. The van der Waals surface area contributed by atoms with Gasteiger partial charge in [0.05, 0.1) is 11.4 Å². The van der Waals surface area contributed by atoms with Crippen LogP contribution in [0.15, 0.2) is 45.8 Å². The van der Waals surface area contributed by atoms with E-state index in [-0.39, 0.29) is 16.4 Å². The van der Waals surface area contributed by atoms with Crippen LogP contribution < -0.4 is 15.8 Å². The molecule has 0 aliphatic carbocycles. The van der Waals surface area contributed by atoms with Crippen LogP contribution in [-0.4, -0.2) is 15.5 Å². The second kappa shape index (κ2) is 6.00. The minimum atomic E-state index is -3.59. The highest BCUT2D eigenvalue weighted by molar-refractivity contribution is 9.10. The van der Waals surface area contributed by atoms with Crippen LogP contribution >= 0.6 is 15.9 Å². The fraction of sp³-hybridized carbons (Fsp3) is 0.0769. The molecule has 2 aromatic carbocycles. The van der Waals surface area contributed by atoms with Crippen LogP contribution in [0, 0.1) is 5.82 Å². The van der Waals surface area contributed by atoms with Gasteiger partial charge in [0.25, 0.3) is 0 Å². The van der Waals surface area contributed by atoms with Crippen molar-refractivity contribution in [3.05, 3.63) is 46.7 Å². The van der Waals surface area contributed by atoms with E-state index in [1.165, 1.54) is 31.3 Å². The molecule has 112 valence electrons. The third kappa shape index (κ3) is 3.52. The number of benzene rings is 2. The highest BCUT2D eigenvalue weighted by Gasteiger charge is 2.15. The Morgan fingerprint density at radius 2 is 1.90 bits per heavy atom. The van der Waals surface area contributed by atoms with Crippen LogP contribution in [0.25, 0.3) is 0 Å². The van der Waals surface area contributed by atoms with Crippen molar-refractivity contribution in [1.82, 2.24) is 4.72 Å². The highest BCUT2D eigenvalue weighted by atomic mass is 79.9. The lowest BCUT2D eigenvalue weighted by atomic mass is 10.2. The van der Waals surface area contributed by atoms with E-state index in [1.807, 2.05) is 0 Å². The van der Waals surface area contributed by atoms with E-state index in [9.17, 15) is 12.8 Å². The summed E-state index contributed by atoms with van der Waals surface area (Å²) in [6.45, 7) is 0. The first kappa shape index (κ1) is 15.7. The van der Waals surface area contributed by atoms with Gasteiger partial charge in [-0.05, 0) is 59.4 Å². The summed E-state index contributed by atoms with van der Waals surface area (Å²) in [5, 5.41) is 3.03. The van der Waals surface area contributed by atoms with Crippen molar-refractivity contribution in [2.75, 3.05) is 18.1 Å². The lowest BCUT2D eigenvalue weighted by Crippen LogP contribution is -2.19. The number of rotatable bonds is 4. The maximum Gasteiger partial charge on any atom is 0.242 e. The van der Waals surface area contributed by atoms with Crippen LogP contribution in [0.1, 0.15) is 0 Å². The Kier molecular flexibility index (Phi) is 4.50. The first-order valence-electron chi connectivity index (χ1n) is 5.88. The maximum atomic E-state index is 13.0. The molecule has 2 aromatic rings. The molecule has 0 aliphatic heterocycles. The average molecular weight is 374 g/mol. The van der Waals surface area contributed by atoms with Crippen molar-refractivity contribution in [2.45, 2.75) is 4.90 Å². The maximum absolute atomic E-state index is 13.0. The molecule has 0 aromatic heterocycles. The summed E-state index contributed by atoms with van der Waals surface area (Å²) in [7, 11) is -2.28. The minimum Gasteiger partial charge on any atom is -0.398 e. The number of sulfonamides is 1. The minimum absolute atomic E-state index is 0.00808. The Labute approximate surface area is 130 Å². The lowest BCUT2D eigenvalue weighted by Gasteiger charge is -2.11. The van der Waals surface area contributed by atoms with Crippen molar-refractivity contribution < 1.29 is 12.8 Å². The molecule has 0 bridgehead atoms. The smallest absolute Gasteiger partial charge is 0.242 e. The lowest BCUT2D eigenvalue weighted by molar-refractivity contribution is 0.588. The summed E-state index contributed by atoms with van der Waals surface area (Å²) in [6.07, 6.45) is 0. The van der Waals surface area contributed by atoms with Gasteiger partial charge >= 0.3 is 0 Å². The predicted octanol–water partition coefficient (Wildman–Crippen LogP) is 2.82. The van der Waals surface area contributed by atoms with Crippen molar-refractivity contribution >= 4 is 43.0 Å². The first-order chi connectivity index (χ1) is 9.83. The molecule has 0 unspecified atom stereocenters. The van der Waals surface area contributed by atoms with Gasteiger partial charge in [0.1, 0.15) is 10.7 Å². The molecule has 0 atom stereocenters. The van der Waals surface area contributed by atoms with E-state index in [4.69, 9.17) is 5.73 Å². The van der Waals surface area contributed by atoms with Gasteiger partial charge in [-0.25, -0.2) is 17.5 Å². The van der Waals surface area contributed by atoms with Gasteiger partial charge in [-0.1, -0.05) is 0 Å². The van der Waals surface area contributed by atoms with Crippen LogP contribution in [-0.2, 0) is 10.0 Å². The standard InChI is InChI=1S/C13H13BrFN3O2S/c1-17-21(19,20)13-5-3-9(7-11(13)16)18-12-4-2-8(15)6-10(12)14/h2-7,17-18H,16H2,1H3. The van der Waals surface area contributed by atoms with E-state index in [1.54, 1.807) is 12.1 Å². The molecule has 0 saturated carbocycles. The Balaban J connectivity index is 2.33. The number of hydrogen-bond acceptors (Lipinski definition) is 4. The highest BCUT2D eigenvalue weighted by Crippen LogP contribution is 2.29. The van der Waals surface area contributed by atoms with Crippen LogP contribution in [0.3, 0.4) is 0 Å². The van der Waals surface area contributed by atoms with Crippen molar-refractivity contribution in [1.29, 1.82) is 0 Å². The summed E-state index contributed by atoms with van der Waals surface area (Å²) in [6, 6.07) is 8.69. The van der Waals surface area contributed by atoms with Crippen molar-refractivity contribution in [2.24, 2.45) is 0 Å². The van der Waals surface area contributed by atoms with Crippen molar-refractivity contribution in [3.8, 4) is 0 Å². The van der Waals surface area contributed by atoms with Crippen molar-refractivity contribution in [3.63, 3.8) is 0 Å². The Morgan fingerprint density at radius 3 is 2.48 bits per heavy atom. The molecule has 0 radical (unpaired) electrons. The molecule has 4 N–H and O–H groups in total. The number of nitrogens with one attached hydrogen (secondary N) is 2. The summed E-state index contributed by atoms with van der Waals surface area (Å²) < 4.78 is 39.2. The quantitative estimate of drug-likeness (QED) is 0.719. The third-order valence-electron chi connectivity index (χ3n) is 2.78. The monoisotopic (exact) mass is 373 g/mol. The molecule has 2 rings (SSSR count). The zero-order valence-electron chi connectivity index (χ0n) is 11.0. The normalized spacial score (nSPS) is 11.4. The van der Waals surface area contributed by atoms with Gasteiger partial charge in [-0.2, -0.15) is 0 Å². The number of nitrogen functional groups attached to an aromatic ring is 1. The summed E-state index contributed by atoms with van der Waals surface area (Å²) in [4.78, 5) is 0.00808. The fourth-order valence-electron chi connectivity index (χ4n) is 1.73. The Hall–Kier alpha value is -1.64. The van der Waals surface area contributed by atoms with Gasteiger partial charge in [0, 0.05) is 10.2 Å². The SMILES string of the molecule is CNS(=O)(=O)c1ccc(Nc2ccc(F)cc2Br)cc1N. The topological polar surface area (TPSA) is 84.2 Å². The largest absolute Gasteiger partial charge is 0.398 e. The summed E-state index contributed by atoms with van der Waals surface area (Å²) >= 11 is 3.24. The zero-order chi connectivity index (χ0) is 15.6. The number of hydrogen-bond donors (Lipinski definition) is 3. The molecule has 0 spiro atoms. The van der Waals surface area contributed by atoms with Gasteiger partial charge < -0.3 is 11.1 Å². The van der Waals surface area contributed by atoms with E-state index in [0.29, 0.717) is 15.8 Å². The number of anilines is 3. The van der Waals surface area contributed by atoms with Crippen LogP contribution in [0.5, 0.6) is 0 Å². The zero-order valence-corrected chi connectivity index (χ0v) is 13.4. The van der Waals surface area contributed by atoms with E-state index >= 15 is 0 Å². The molecule has 0 saturated heterocycles. The Bertz CT molecular complexity index is 781. The van der Waals surface area contributed by atoms with E-state index in [2.05, 4.69) is 26.0 Å². The molecule has 0 amide bonds. The summed E-state index contributed by atoms with van der Waals surface area (Å²) in [5.74, 6) is -0.359. The first-order valence-corrected chi connectivity index (χ1v) is 8.16. The molecular formula is C13H13BrFN3O2S. The second-order valence-corrected chi connectivity index (χ2v) is 6.92. The molecule has 5 nitrogen and oxygen atoms in total. The van der Waals surface area contributed by atoms with E-state index < -0.39 is 10.0 Å². The molecule has 8 heteroatoms. The Morgan fingerprint density at radius 1 is 1.19 bits per heavy atom. The van der Waals surface area contributed by atoms with Gasteiger partial charge in [0.15, 0.2) is 0 Å². The molecular weight excluding hydrogens is 361 g/mol. The molecule has 0 fully saturated rings. The van der Waals surface area contributed by atoms with Crippen LogP contribution in [0.2, 0.25) is 0 Å². The molecule has 21 heavy (non-hydrogen) atoms. The van der Waals surface area contributed by atoms with Gasteiger partial charge in [-0.3, -0.25) is 0 Å². The number of nitrogens with two attached hydrogens (primary N) is 1. The fourth-order valence-corrected chi connectivity index (χ4v) is 3.01. The van der Waals surface area contributed by atoms with Crippen LogP contribution in [0.4, 0.5) is 21.5 Å². The third-order valence-corrected chi connectivity index (χ3v) is 4.92.